The second-order valence-corrected chi connectivity index (χ2v) is 7.02. The standard InChI is InChI=1S/C16H23FN/c1-11-16(5,6)13-9-12(17)7-8-14(13)18(11)10-15(2,3)4/h7-9H,10H2,1-6H3/q+1. The predicted octanol–water partition coefficient (Wildman–Crippen LogP) is 4.27. The first-order valence-electron chi connectivity index (χ1n) is 6.54. The third-order valence-corrected chi connectivity index (χ3v) is 3.86. The number of fused-ring (bicyclic) bond motifs is 1. The molecule has 18 heavy (non-hydrogen) atoms. The zero-order valence-electron chi connectivity index (χ0n) is 12.3. The molecular weight excluding hydrogens is 225 g/mol. The minimum absolute atomic E-state index is 0.0807. The second kappa shape index (κ2) is 3.91. The SMILES string of the molecule is CC1=[N+](CC(C)(C)C)c2ccc(F)cc2C1(C)C. The Labute approximate surface area is 109 Å². The summed E-state index contributed by atoms with van der Waals surface area (Å²) in [5, 5.41) is 0. The van der Waals surface area contributed by atoms with Crippen molar-refractivity contribution in [3.63, 3.8) is 0 Å². The highest BCUT2D eigenvalue weighted by atomic mass is 19.1. The molecule has 0 amide bonds. The van der Waals surface area contributed by atoms with Gasteiger partial charge in [-0.25, -0.2) is 4.39 Å². The first kappa shape index (κ1) is 13.3. The summed E-state index contributed by atoms with van der Waals surface area (Å²) in [6.45, 7) is 14.1. The van der Waals surface area contributed by atoms with Crippen molar-refractivity contribution in [2.45, 2.75) is 47.0 Å². The van der Waals surface area contributed by atoms with E-state index < -0.39 is 0 Å². The molecule has 1 aromatic rings. The Bertz CT molecular complexity index is 518. The van der Waals surface area contributed by atoms with E-state index in [0.29, 0.717) is 0 Å². The van der Waals surface area contributed by atoms with E-state index in [0.717, 1.165) is 17.8 Å². The van der Waals surface area contributed by atoms with E-state index in [4.69, 9.17) is 0 Å². The number of nitrogens with zero attached hydrogens (tertiary/aromatic N) is 1. The van der Waals surface area contributed by atoms with Crippen molar-refractivity contribution in [3.8, 4) is 0 Å². The zero-order chi connectivity index (χ0) is 13.7. The smallest absolute Gasteiger partial charge is 0.207 e. The first-order chi connectivity index (χ1) is 8.13. The summed E-state index contributed by atoms with van der Waals surface area (Å²) >= 11 is 0. The van der Waals surface area contributed by atoms with Gasteiger partial charge in [0.1, 0.15) is 5.82 Å². The van der Waals surface area contributed by atoms with Gasteiger partial charge >= 0.3 is 0 Å². The molecular formula is C16H23FN+. The van der Waals surface area contributed by atoms with E-state index in [2.05, 4.69) is 46.1 Å². The van der Waals surface area contributed by atoms with Crippen LogP contribution in [0.1, 0.15) is 47.1 Å². The molecule has 0 fully saturated rings. The van der Waals surface area contributed by atoms with E-state index in [-0.39, 0.29) is 16.6 Å². The number of benzene rings is 1. The molecule has 1 aromatic carbocycles. The summed E-state index contributed by atoms with van der Waals surface area (Å²) in [5.74, 6) is -0.146. The maximum Gasteiger partial charge on any atom is 0.209 e. The van der Waals surface area contributed by atoms with Crippen LogP contribution in [0.2, 0.25) is 0 Å². The summed E-state index contributed by atoms with van der Waals surface area (Å²) < 4.78 is 15.8. The van der Waals surface area contributed by atoms with Crippen molar-refractivity contribution >= 4 is 11.4 Å². The van der Waals surface area contributed by atoms with E-state index in [1.54, 1.807) is 12.1 Å². The van der Waals surface area contributed by atoms with Gasteiger partial charge in [0.25, 0.3) is 0 Å². The lowest BCUT2D eigenvalue weighted by molar-refractivity contribution is -0.455. The van der Waals surface area contributed by atoms with Crippen LogP contribution in [0.25, 0.3) is 0 Å². The summed E-state index contributed by atoms with van der Waals surface area (Å²) in [6.07, 6.45) is 0. The van der Waals surface area contributed by atoms with Crippen molar-refractivity contribution < 1.29 is 8.97 Å². The van der Waals surface area contributed by atoms with Crippen LogP contribution in [-0.2, 0) is 5.41 Å². The molecule has 0 aliphatic carbocycles. The minimum Gasteiger partial charge on any atom is -0.207 e. The molecule has 0 N–H and O–H groups in total. The Morgan fingerprint density at radius 2 is 1.83 bits per heavy atom. The molecule has 0 radical (unpaired) electrons. The van der Waals surface area contributed by atoms with E-state index in [1.807, 2.05) is 6.07 Å². The molecule has 0 saturated heterocycles. The molecule has 0 unspecified atom stereocenters. The molecule has 0 aromatic heterocycles. The van der Waals surface area contributed by atoms with Crippen LogP contribution in [0.15, 0.2) is 18.2 Å². The average Bonchev–Trinajstić information content (AvgIpc) is 2.39. The van der Waals surface area contributed by atoms with E-state index in [9.17, 15) is 4.39 Å². The molecule has 0 atom stereocenters. The summed E-state index contributed by atoms with van der Waals surface area (Å²) in [6, 6.07) is 5.15. The fraction of sp³-hybridized carbons (Fsp3) is 0.562. The minimum atomic E-state index is -0.146. The molecule has 0 saturated carbocycles. The lowest BCUT2D eigenvalue weighted by atomic mass is 9.82. The van der Waals surface area contributed by atoms with Gasteiger partial charge < -0.3 is 0 Å². The van der Waals surface area contributed by atoms with Gasteiger partial charge in [0, 0.05) is 24.0 Å². The van der Waals surface area contributed by atoms with Crippen molar-refractivity contribution in [2.75, 3.05) is 6.54 Å². The Kier molecular flexibility index (Phi) is 2.88. The third-order valence-electron chi connectivity index (χ3n) is 3.86. The average molecular weight is 248 g/mol. The largest absolute Gasteiger partial charge is 0.209 e. The van der Waals surface area contributed by atoms with Crippen LogP contribution in [0, 0.1) is 11.2 Å². The normalized spacial score (nSPS) is 18.2. The maximum atomic E-state index is 13.5. The molecule has 0 spiro atoms. The van der Waals surface area contributed by atoms with Gasteiger partial charge in [0.15, 0.2) is 12.3 Å². The number of rotatable bonds is 1. The molecule has 1 nitrogen and oxygen atoms in total. The van der Waals surface area contributed by atoms with Crippen LogP contribution in [0.4, 0.5) is 10.1 Å². The van der Waals surface area contributed by atoms with Crippen LogP contribution in [-0.4, -0.2) is 16.8 Å². The van der Waals surface area contributed by atoms with Gasteiger partial charge in [-0.15, -0.1) is 0 Å². The lowest BCUT2D eigenvalue weighted by Gasteiger charge is -2.16. The highest BCUT2D eigenvalue weighted by molar-refractivity contribution is 5.93. The Morgan fingerprint density at radius 3 is 2.39 bits per heavy atom. The molecule has 98 valence electrons. The van der Waals surface area contributed by atoms with Gasteiger partial charge in [-0.05, 0) is 26.0 Å². The zero-order valence-corrected chi connectivity index (χ0v) is 12.3. The van der Waals surface area contributed by atoms with Crippen LogP contribution >= 0.6 is 0 Å². The Hall–Kier alpha value is -1.18. The molecule has 1 heterocycles. The van der Waals surface area contributed by atoms with Crippen LogP contribution in [0.3, 0.4) is 0 Å². The van der Waals surface area contributed by atoms with Gasteiger partial charge in [0.2, 0.25) is 5.69 Å². The van der Waals surface area contributed by atoms with Crippen molar-refractivity contribution in [1.29, 1.82) is 0 Å². The number of halogens is 1. The fourth-order valence-corrected chi connectivity index (χ4v) is 2.64. The second-order valence-electron chi connectivity index (χ2n) is 7.02. The van der Waals surface area contributed by atoms with Gasteiger partial charge in [-0.3, -0.25) is 0 Å². The Balaban J connectivity index is 2.58. The van der Waals surface area contributed by atoms with Gasteiger partial charge in [0.05, 0.1) is 5.41 Å². The molecule has 0 bridgehead atoms. The fourth-order valence-electron chi connectivity index (χ4n) is 2.64. The predicted molar refractivity (Wildman–Crippen MR) is 74.3 cm³/mol. The van der Waals surface area contributed by atoms with Crippen LogP contribution in [0.5, 0.6) is 0 Å². The van der Waals surface area contributed by atoms with Gasteiger partial charge in [-0.1, -0.05) is 20.8 Å². The summed E-state index contributed by atoms with van der Waals surface area (Å²) in [7, 11) is 0. The Morgan fingerprint density at radius 1 is 1.22 bits per heavy atom. The number of hydrogen-bond acceptors (Lipinski definition) is 0. The highest BCUT2D eigenvalue weighted by Gasteiger charge is 2.44. The number of hydrogen-bond donors (Lipinski definition) is 0. The molecule has 2 heteroatoms. The summed E-state index contributed by atoms with van der Waals surface area (Å²) in [4.78, 5) is 0. The van der Waals surface area contributed by atoms with Gasteiger partial charge in [-0.2, -0.15) is 4.58 Å². The molecule has 2 rings (SSSR count). The van der Waals surface area contributed by atoms with Crippen molar-refractivity contribution in [1.82, 2.24) is 0 Å². The highest BCUT2D eigenvalue weighted by Crippen LogP contribution is 2.40. The third kappa shape index (κ3) is 2.09. The maximum absolute atomic E-state index is 13.5. The quantitative estimate of drug-likeness (QED) is 0.653. The lowest BCUT2D eigenvalue weighted by Crippen LogP contribution is -2.29. The van der Waals surface area contributed by atoms with E-state index >= 15 is 0 Å². The van der Waals surface area contributed by atoms with Crippen LogP contribution < -0.4 is 0 Å². The monoisotopic (exact) mass is 248 g/mol. The molecule has 1 aliphatic rings. The topological polar surface area (TPSA) is 3.01 Å². The summed E-state index contributed by atoms with van der Waals surface area (Å²) in [5.41, 5.74) is 3.70. The van der Waals surface area contributed by atoms with Crippen molar-refractivity contribution in [3.05, 3.63) is 29.6 Å². The van der Waals surface area contributed by atoms with E-state index in [1.165, 1.54) is 5.71 Å². The molecule has 1 aliphatic heterocycles. The first-order valence-corrected chi connectivity index (χ1v) is 6.54. The van der Waals surface area contributed by atoms with Crippen molar-refractivity contribution in [2.24, 2.45) is 5.41 Å².